The van der Waals surface area contributed by atoms with Crippen molar-refractivity contribution >= 4 is 21.7 Å². The zero-order chi connectivity index (χ0) is 36.6. The van der Waals surface area contributed by atoms with Gasteiger partial charge in [0.1, 0.15) is 5.69 Å². The van der Waals surface area contributed by atoms with Crippen LogP contribution in [0.2, 0.25) is 0 Å². The second kappa shape index (κ2) is 13.8. The van der Waals surface area contributed by atoms with Gasteiger partial charge in [-0.25, -0.2) is 14.6 Å². The smallest absolute Gasteiger partial charge is 0.160 e. The van der Waals surface area contributed by atoms with Crippen LogP contribution in [0.5, 0.6) is 0 Å². The van der Waals surface area contributed by atoms with E-state index in [0.717, 1.165) is 78.0 Å². The molecule has 8 aromatic carbocycles. The molecule has 10 aromatic rings. The van der Waals surface area contributed by atoms with Crippen LogP contribution in [0, 0.1) is 0 Å². The molecule has 0 atom stereocenters. The van der Waals surface area contributed by atoms with Gasteiger partial charge in [-0.1, -0.05) is 176 Å². The Morgan fingerprint density at radius 1 is 0.364 bits per heavy atom. The molecule has 0 bridgehead atoms. The molecule has 0 aliphatic heterocycles. The van der Waals surface area contributed by atoms with Gasteiger partial charge in [-0.05, 0) is 58.0 Å². The highest BCUT2D eigenvalue weighted by Crippen LogP contribution is 2.42. The Balaban J connectivity index is 1.17. The normalized spacial score (nSPS) is 11.3. The minimum atomic E-state index is 0.679. The molecule has 0 N–H and O–H groups in total. The lowest BCUT2D eigenvalue weighted by Crippen LogP contribution is -1.97. The maximum atomic E-state index is 5.45. The number of nitrogens with zero attached hydrogens (tertiary/aromatic N) is 4. The summed E-state index contributed by atoms with van der Waals surface area (Å²) in [5, 5.41) is 8.88. The summed E-state index contributed by atoms with van der Waals surface area (Å²) in [4.78, 5) is 10.3. The first-order valence-corrected chi connectivity index (χ1v) is 18.5. The average molecular weight is 703 g/mol. The third kappa shape index (κ3) is 6.06. The van der Waals surface area contributed by atoms with E-state index in [4.69, 9.17) is 15.1 Å². The number of fused-ring (bicyclic) bond motifs is 3. The number of aromatic nitrogens is 4. The van der Waals surface area contributed by atoms with Crippen molar-refractivity contribution in [3.05, 3.63) is 206 Å². The van der Waals surface area contributed by atoms with Crippen LogP contribution in [-0.2, 0) is 0 Å². The van der Waals surface area contributed by atoms with Gasteiger partial charge in [-0.3, -0.25) is 0 Å². The topological polar surface area (TPSA) is 43.6 Å². The van der Waals surface area contributed by atoms with Gasteiger partial charge in [0.2, 0.25) is 0 Å². The lowest BCUT2D eigenvalue weighted by molar-refractivity contribution is 0.918. The minimum absolute atomic E-state index is 0.679. The Labute approximate surface area is 319 Å². The van der Waals surface area contributed by atoms with Crippen molar-refractivity contribution < 1.29 is 0 Å². The zero-order valence-corrected chi connectivity index (χ0v) is 29.9. The summed E-state index contributed by atoms with van der Waals surface area (Å²) in [6.07, 6.45) is 0. The minimum Gasteiger partial charge on any atom is -0.232 e. The summed E-state index contributed by atoms with van der Waals surface area (Å²) in [7, 11) is 0. The van der Waals surface area contributed by atoms with Crippen molar-refractivity contribution in [1.29, 1.82) is 0 Å². The molecule has 0 aliphatic rings. The molecule has 10 rings (SSSR count). The summed E-state index contributed by atoms with van der Waals surface area (Å²) in [6.45, 7) is 0. The molecule has 0 spiro atoms. The maximum Gasteiger partial charge on any atom is 0.160 e. The van der Waals surface area contributed by atoms with Crippen LogP contribution in [0.3, 0.4) is 0 Å². The van der Waals surface area contributed by atoms with E-state index in [1.165, 1.54) is 10.9 Å². The lowest BCUT2D eigenvalue weighted by Gasteiger charge is -2.12. The largest absolute Gasteiger partial charge is 0.232 e. The monoisotopic (exact) mass is 702 g/mol. The Hall–Kier alpha value is -7.43. The van der Waals surface area contributed by atoms with Crippen molar-refractivity contribution in [2.24, 2.45) is 0 Å². The Morgan fingerprint density at radius 2 is 0.891 bits per heavy atom. The highest BCUT2D eigenvalue weighted by Gasteiger charge is 2.22. The van der Waals surface area contributed by atoms with E-state index in [0.29, 0.717) is 5.82 Å². The Morgan fingerprint density at radius 3 is 1.60 bits per heavy atom. The maximum absolute atomic E-state index is 5.45. The van der Waals surface area contributed by atoms with Gasteiger partial charge in [-0.2, -0.15) is 5.10 Å². The highest BCUT2D eigenvalue weighted by molar-refractivity contribution is 6.17. The molecule has 2 heterocycles. The second-order valence-electron chi connectivity index (χ2n) is 13.7. The van der Waals surface area contributed by atoms with Crippen LogP contribution in [-0.4, -0.2) is 19.7 Å². The second-order valence-corrected chi connectivity index (χ2v) is 13.7. The molecule has 0 aliphatic carbocycles. The quantitative estimate of drug-likeness (QED) is 0.166. The van der Waals surface area contributed by atoms with E-state index in [1.54, 1.807) is 0 Å². The van der Waals surface area contributed by atoms with Crippen LogP contribution in [0.25, 0.3) is 94.8 Å². The van der Waals surface area contributed by atoms with Crippen LogP contribution in [0.4, 0.5) is 0 Å². The number of hydrogen-bond donors (Lipinski definition) is 0. The first-order chi connectivity index (χ1) is 27.3. The van der Waals surface area contributed by atoms with E-state index >= 15 is 0 Å². The summed E-state index contributed by atoms with van der Waals surface area (Å²) in [6, 6.07) is 72.0. The lowest BCUT2D eigenvalue weighted by atomic mass is 9.93. The molecule has 258 valence electrons. The predicted molar refractivity (Wildman–Crippen MR) is 227 cm³/mol. The first kappa shape index (κ1) is 32.2. The predicted octanol–water partition coefficient (Wildman–Crippen LogP) is 13.0. The number of para-hydroxylation sites is 1. The van der Waals surface area contributed by atoms with Crippen molar-refractivity contribution in [2.75, 3.05) is 0 Å². The van der Waals surface area contributed by atoms with Crippen LogP contribution in [0.15, 0.2) is 206 Å². The summed E-state index contributed by atoms with van der Waals surface area (Å²) in [5.41, 5.74) is 13.3. The molecule has 55 heavy (non-hydrogen) atoms. The van der Waals surface area contributed by atoms with Gasteiger partial charge in [-0.15, -0.1) is 0 Å². The van der Waals surface area contributed by atoms with E-state index in [2.05, 4.69) is 181 Å². The molecular weight excluding hydrogens is 669 g/mol. The number of hydrogen-bond acceptors (Lipinski definition) is 3. The molecule has 0 saturated carbocycles. The average Bonchev–Trinajstić information content (AvgIpc) is 3.69. The number of rotatable bonds is 7. The first-order valence-electron chi connectivity index (χ1n) is 18.5. The summed E-state index contributed by atoms with van der Waals surface area (Å²) in [5.74, 6) is 0.679. The van der Waals surface area contributed by atoms with Crippen LogP contribution >= 0.6 is 0 Å². The SMILES string of the molecule is c1ccc(-c2ccc(-c3nc(-c4ccccc4)cc(-c4cccc(-c5nn(-c6ccccc6)c6c5c(-c5ccccc5)cc5ccccc56)c4)n3)cc2)cc1. The number of benzene rings is 8. The summed E-state index contributed by atoms with van der Waals surface area (Å²) >= 11 is 0. The molecule has 0 unspecified atom stereocenters. The van der Waals surface area contributed by atoms with Gasteiger partial charge in [0.05, 0.1) is 22.6 Å². The highest BCUT2D eigenvalue weighted by atomic mass is 15.3. The molecule has 2 aromatic heterocycles. The molecule has 4 heteroatoms. The van der Waals surface area contributed by atoms with Crippen molar-refractivity contribution in [1.82, 2.24) is 19.7 Å². The third-order valence-corrected chi connectivity index (χ3v) is 10.2. The van der Waals surface area contributed by atoms with Crippen LogP contribution in [0.1, 0.15) is 0 Å². The van der Waals surface area contributed by atoms with Gasteiger partial charge < -0.3 is 0 Å². The fraction of sp³-hybridized carbons (Fsp3) is 0. The Bertz CT molecular complexity index is 2940. The van der Waals surface area contributed by atoms with Crippen LogP contribution < -0.4 is 0 Å². The van der Waals surface area contributed by atoms with Gasteiger partial charge in [0, 0.05) is 33.0 Å². The fourth-order valence-corrected chi connectivity index (χ4v) is 7.54. The van der Waals surface area contributed by atoms with E-state index in [9.17, 15) is 0 Å². The summed E-state index contributed by atoms with van der Waals surface area (Å²) < 4.78 is 2.11. The molecule has 0 saturated heterocycles. The standard InChI is InChI=1S/C51H34N4/c1-5-16-35(17-6-1)36-28-30-39(31-29-36)51-52-46(38-20-9-3-10-21-38)34-47(53-51)41-23-15-24-42(32-41)49-48-45(37-18-7-2-8-19-37)33-40-22-13-14-27-44(40)50(48)55(54-49)43-25-11-4-12-26-43/h1-34H. The molecule has 0 radical (unpaired) electrons. The van der Waals surface area contributed by atoms with Gasteiger partial charge in [0.25, 0.3) is 0 Å². The van der Waals surface area contributed by atoms with Crippen molar-refractivity contribution in [3.63, 3.8) is 0 Å². The van der Waals surface area contributed by atoms with E-state index in [1.807, 2.05) is 30.3 Å². The molecule has 0 amide bonds. The fourth-order valence-electron chi connectivity index (χ4n) is 7.54. The molecule has 4 nitrogen and oxygen atoms in total. The van der Waals surface area contributed by atoms with Gasteiger partial charge >= 0.3 is 0 Å². The van der Waals surface area contributed by atoms with E-state index in [-0.39, 0.29) is 0 Å². The van der Waals surface area contributed by atoms with Crippen molar-refractivity contribution in [3.8, 4) is 73.1 Å². The molecule has 0 fully saturated rings. The van der Waals surface area contributed by atoms with Crippen molar-refractivity contribution in [2.45, 2.75) is 0 Å². The van der Waals surface area contributed by atoms with E-state index < -0.39 is 0 Å². The molecular formula is C51H34N4. The third-order valence-electron chi connectivity index (χ3n) is 10.2. The Kier molecular flexibility index (Phi) is 8.12. The zero-order valence-electron chi connectivity index (χ0n) is 29.9. The van der Waals surface area contributed by atoms with Gasteiger partial charge in [0.15, 0.2) is 5.82 Å².